The quantitative estimate of drug-likeness (QED) is 0.728. The van der Waals surface area contributed by atoms with Crippen LogP contribution in [-0.2, 0) is 4.84 Å². The summed E-state index contributed by atoms with van der Waals surface area (Å²) >= 11 is 3.44. The largest absolute Gasteiger partial charge is 0.323 e. The van der Waals surface area contributed by atoms with Gasteiger partial charge >= 0.3 is 0 Å². The summed E-state index contributed by atoms with van der Waals surface area (Å²) < 4.78 is 0.969. The van der Waals surface area contributed by atoms with Crippen LogP contribution in [0.5, 0.6) is 0 Å². The van der Waals surface area contributed by atoms with Gasteiger partial charge in [0.1, 0.15) is 11.3 Å². The van der Waals surface area contributed by atoms with E-state index in [1.54, 1.807) is 13.1 Å². The minimum absolute atomic E-state index is 0.274. The zero-order chi connectivity index (χ0) is 15.7. The van der Waals surface area contributed by atoms with Gasteiger partial charge in [-0.3, -0.25) is 9.63 Å². The number of aromatic amines is 1. The lowest BCUT2D eigenvalue weighted by Crippen LogP contribution is -2.25. The molecule has 0 radical (unpaired) electrons. The first kappa shape index (κ1) is 14.7. The van der Waals surface area contributed by atoms with Gasteiger partial charge in [-0.2, -0.15) is 0 Å². The highest BCUT2D eigenvalue weighted by atomic mass is 79.9. The highest BCUT2D eigenvalue weighted by molar-refractivity contribution is 9.10. The van der Waals surface area contributed by atoms with Crippen LogP contribution in [0.4, 0.5) is 0 Å². The summed E-state index contributed by atoms with van der Waals surface area (Å²) in [5.74, 6) is 0.428. The number of hydrogen-bond donors (Lipinski definition) is 1. The molecule has 0 saturated heterocycles. The first-order valence-corrected chi connectivity index (χ1v) is 7.31. The molecular formula is C15H13BrN4O2. The highest BCUT2D eigenvalue weighted by Crippen LogP contribution is 2.23. The first-order chi connectivity index (χ1) is 10.6. The van der Waals surface area contributed by atoms with Gasteiger partial charge < -0.3 is 4.98 Å². The monoisotopic (exact) mass is 360 g/mol. The summed E-state index contributed by atoms with van der Waals surface area (Å²) in [7, 11) is 2.98. The van der Waals surface area contributed by atoms with Crippen molar-refractivity contribution in [2.24, 2.45) is 0 Å². The maximum absolute atomic E-state index is 12.1. The van der Waals surface area contributed by atoms with E-state index in [-0.39, 0.29) is 5.91 Å². The number of carbonyl (C=O) groups is 1. The van der Waals surface area contributed by atoms with Crippen molar-refractivity contribution in [2.75, 3.05) is 14.2 Å². The van der Waals surface area contributed by atoms with Crippen LogP contribution in [0.25, 0.3) is 22.6 Å². The van der Waals surface area contributed by atoms with E-state index in [1.165, 1.54) is 13.3 Å². The van der Waals surface area contributed by atoms with Gasteiger partial charge in [0, 0.05) is 23.3 Å². The van der Waals surface area contributed by atoms with Gasteiger partial charge in [0.15, 0.2) is 5.65 Å². The molecule has 0 saturated carbocycles. The highest BCUT2D eigenvalue weighted by Gasteiger charge is 2.14. The van der Waals surface area contributed by atoms with E-state index < -0.39 is 0 Å². The molecule has 0 atom stereocenters. The number of imidazole rings is 1. The second kappa shape index (κ2) is 5.86. The molecule has 22 heavy (non-hydrogen) atoms. The Morgan fingerprint density at radius 2 is 2.18 bits per heavy atom. The van der Waals surface area contributed by atoms with Crippen LogP contribution >= 0.6 is 15.9 Å². The van der Waals surface area contributed by atoms with Crippen LogP contribution in [0.2, 0.25) is 0 Å². The fraction of sp³-hybridized carbons (Fsp3) is 0.133. The molecule has 0 aliphatic rings. The number of nitrogens with one attached hydrogen (secondary N) is 1. The fourth-order valence-electron chi connectivity index (χ4n) is 2.05. The third kappa shape index (κ3) is 2.72. The number of H-pyrrole nitrogens is 1. The van der Waals surface area contributed by atoms with Crippen molar-refractivity contribution in [2.45, 2.75) is 0 Å². The molecule has 1 aromatic carbocycles. The molecule has 0 bridgehead atoms. The minimum Gasteiger partial charge on any atom is -0.323 e. The molecule has 0 aliphatic carbocycles. The molecule has 2 aromatic heterocycles. The van der Waals surface area contributed by atoms with Gasteiger partial charge in [0.25, 0.3) is 5.91 Å². The van der Waals surface area contributed by atoms with E-state index in [0.717, 1.165) is 15.1 Å². The van der Waals surface area contributed by atoms with Crippen LogP contribution in [0, 0.1) is 0 Å². The van der Waals surface area contributed by atoms with Crippen LogP contribution in [0.3, 0.4) is 0 Å². The summed E-state index contributed by atoms with van der Waals surface area (Å²) in [5.41, 5.74) is 2.62. The average molecular weight is 361 g/mol. The third-order valence-corrected chi connectivity index (χ3v) is 3.73. The lowest BCUT2D eigenvalue weighted by Gasteiger charge is -2.12. The van der Waals surface area contributed by atoms with Crippen LogP contribution < -0.4 is 0 Å². The zero-order valence-electron chi connectivity index (χ0n) is 12.0. The number of hydroxylamine groups is 2. The topological polar surface area (TPSA) is 71.1 Å². The summed E-state index contributed by atoms with van der Waals surface area (Å²) in [5, 5.41) is 1.14. The summed E-state index contributed by atoms with van der Waals surface area (Å²) in [6.07, 6.45) is 1.50. The van der Waals surface area contributed by atoms with E-state index in [9.17, 15) is 4.79 Å². The molecule has 3 aromatic rings. The summed E-state index contributed by atoms with van der Waals surface area (Å²) in [4.78, 5) is 28.9. The zero-order valence-corrected chi connectivity index (χ0v) is 13.6. The predicted octanol–water partition coefficient (Wildman–Crippen LogP) is 3.02. The van der Waals surface area contributed by atoms with Gasteiger partial charge in [-0.1, -0.05) is 28.1 Å². The fourth-order valence-corrected chi connectivity index (χ4v) is 2.45. The normalized spacial score (nSPS) is 10.9. The number of halogens is 1. The second-order valence-electron chi connectivity index (χ2n) is 4.67. The molecule has 2 heterocycles. The number of benzene rings is 1. The Kier molecular flexibility index (Phi) is 3.91. The number of carbonyl (C=O) groups excluding carboxylic acids is 1. The summed E-state index contributed by atoms with van der Waals surface area (Å²) in [6, 6.07) is 9.48. The molecule has 1 N–H and O–H groups in total. The van der Waals surface area contributed by atoms with E-state index in [4.69, 9.17) is 4.84 Å². The number of pyridine rings is 1. The summed E-state index contributed by atoms with van der Waals surface area (Å²) in [6.45, 7) is 0. The molecule has 112 valence electrons. The Balaban J connectivity index is 2.02. The number of rotatable bonds is 3. The number of amides is 1. The van der Waals surface area contributed by atoms with Crippen LogP contribution in [0.1, 0.15) is 10.4 Å². The maximum atomic E-state index is 12.1. The molecule has 0 aliphatic heterocycles. The molecule has 0 unspecified atom stereocenters. The Labute approximate surface area is 135 Å². The van der Waals surface area contributed by atoms with Crippen molar-refractivity contribution in [3.63, 3.8) is 0 Å². The lowest BCUT2D eigenvalue weighted by atomic mass is 10.2. The molecule has 6 nitrogen and oxygen atoms in total. The van der Waals surface area contributed by atoms with E-state index in [0.29, 0.717) is 22.6 Å². The van der Waals surface area contributed by atoms with Gasteiger partial charge in [-0.25, -0.2) is 15.0 Å². The minimum atomic E-state index is -0.274. The molecule has 0 fully saturated rings. The SMILES string of the molecule is CON(C)C(=O)c1cnc2[nH]c(-c3cccc(Br)c3)nc2c1. The van der Waals surface area contributed by atoms with Crippen molar-refractivity contribution in [3.8, 4) is 11.4 Å². The molecule has 3 rings (SSSR count). The lowest BCUT2D eigenvalue weighted by molar-refractivity contribution is -0.0757. The van der Waals surface area contributed by atoms with E-state index in [1.807, 2.05) is 24.3 Å². The predicted molar refractivity (Wildman–Crippen MR) is 86.1 cm³/mol. The van der Waals surface area contributed by atoms with Crippen molar-refractivity contribution in [3.05, 3.63) is 46.6 Å². The smallest absolute Gasteiger partial charge is 0.278 e. The third-order valence-electron chi connectivity index (χ3n) is 3.24. The Morgan fingerprint density at radius 1 is 1.36 bits per heavy atom. The van der Waals surface area contributed by atoms with Crippen LogP contribution in [0.15, 0.2) is 41.0 Å². The van der Waals surface area contributed by atoms with E-state index >= 15 is 0 Å². The van der Waals surface area contributed by atoms with Crippen molar-refractivity contribution in [1.29, 1.82) is 0 Å². The van der Waals surface area contributed by atoms with Gasteiger partial charge in [-0.15, -0.1) is 0 Å². The van der Waals surface area contributed by atoms with Gasteiger partial charge in [0.2, 0.25) is 0 Å². The number of nitrogens with zero attached hydrogens (tertiary/aromatic N) is 3. The van der Waals surface area contributed by atoms with Gasteiger partial charge in [-0.05, 0) is 18.2 Å². The Morgan fingerprint density at radius 3 is 2.91 bits per heavy atom. The van der Waals surface area contributed by atoms with E-state index in [2.05, 4.69) is 30.9 Å². The Bertz CT molecular complexity index is 846. The average Bonchev–Trinajstić information content (AvgIpc) is 2.96. The second-order valence-corrected chi connectivity index (χ2v) is 5.59. The van der Waals surface area contributed by atoms with Crippen molar-refractivity contribution < 1.29 is 9.63 Å². The standard InChI is InChI=1S/C15H13BrN4O2/c1-20(22-2)15(21)10-7-12-14(17-8-10)19-13(18-12)9-4-3-5-11(16)6-9/h3-8H,1-2H3,(H,17,18,19). The number of fused-ring (bicyclic) bond motifs is 1. The molecular weight excluding hydrogens is 348 g/mol. The maximum Gasteiger partial charge on any atom is 0.278 e. The number of hydrogen-bond acceptors (Lipinski definition) is 4. The molecule has 0 spiro atoms. The van der Waals surface area contributed by atoms with Gasteiger partial charge in [0.05, 0.1) is 12.7 Å². The van der Waals surface area contributed by atoms with Crippen LogP contribution in [-0.4, -0.2) is 40.1 Å². The molecule has 1 amide bonds. The van der Waals surface area contributed by atoms with Crippen molar-refractivity contribution >= 4 is 33.0 Å². The molecule has 7 heteroatoms. The first-order valence-electron chi connectivity index (χ1n) is 6.52. The Hall–Kier alpha value is -2.25. The van der Waals surface area contributed by atoms with Crippen molar-refractivity contribution in [1.82, 2.24) is 20.0 Å². The number of aromatic nitrogens is 3.